The summed E-state index contributed by atoms with van der Waals surface area (Å²) in [5.41, 5.74) is 1.75. The second-order valence-corrected chi connectivity index (χ2v) is 5.03. The second-order valence-electron chi connectivity index (χ2n) is 4.09. The highest BCUT2D eigenvalue weighted by atomic mass is 32.1. The molecule has 1 atom stereocenters. The molecule has 0 spiro atoms. The fourth-order valence-electron chi connectivity index (χ4n) is 1.69. The number of ether oxygens (including phenoxy) is 1. The number of aliphatic hydroxyl groups excluding tert-OH is 1. The predicted octanol–water partition coefficient (Wildman–Crippen LogP) is 3.34. The lowest BCUT2D eigenvalue weighted by molar-refractivity contribution is 0.190. The summed E-state index contributed by atoms with van der Waals surface area (Å²) < 4.78 is 5.73. The summed E-state index contributed by atoms with van der Waals surface area (Å²) >= 11 is 1.65. The first kappa shape index (κ1) is 13.1. The average Bonchev–Trinajstić information content (AvgIpc) is 2.84. The molecule has 2 rings (SSSR count). The number of para-hydroxylation sites is 1. The minimum absolute atomic E-state index is 0.445. The Morgan fingerprint density at radius 2 is 2.17 bits per heavy atom. The molecule has 0 aliphatic heterocycles. The van der Waals surface area contributed by atoms with Crippen molar-refractivity contribution in [2.45, 2.75) is 33.0 Å². The quantitative estimate of drug-likeness (QED) is 0.899. The zero-order valence-electron chi connectivity index (χ0n) is 10.6. The van der Waals surface area contributed by atoms with Gasteiger partial charge in [0, 0.05) is 10.9 Å². The Hall–Kier alpha value is -1.39. The Morgan fingerprint density at radius 3 is 2.83 bits per heavy atom. The summed E-state index contributed by atoms with van der Waals surface area (Å²) in [7, 11) is 0. The van der Waals surface area contributed by atoms with Crippen LogP contribution in [0.15, 0.2) is 29.6 Å². The molecule has 0 aliphatic rings. The highest BCUT2D eigenvalue weighted by molar-refractivity contribution is 7.09. The van der Waals surface area contributed by atoms with Crippen molar-refractivity contribution in [3.8, 4) is 5.75 Å². The van der Waals surface area contributed by atoms with E-state index < -0.39 is 6.10 Å². The minimum Gasteiger partial charge on any atom is -0.487 e. The summed E-state index contributed by atoms with van der Waals surface area (Å²) in [5.74, 6) is 0.721. The van der Waals surface area contributed by atoms with Gasteiger partial charge in [-0.05, 0) is 19.4 Å². The smallest absolute Gasteiger partial charge is 0.131 e. The predicted molar refractivity (Wildman–Crippen MR) is 72.9 cm³/mol. The average molecular weight is 263 g/mol. The zero-order valence-corrected chi connectivity index (χ0v) is 11.4. The molecule has 1 aromatic carbocycles. The first-order valence-electron chi connectivity index (χ1n) is 6.03. The third-order valence-electron chi connectivity index (χ3n) is 2.65. The molecule has 0 fully saturated rings. The first-order valence-corrected chi connectivity index (χ1v) is 6.91. The Kier molecular flexibility index (Phi) is 4.33. The van der Waals surface area contributed by atoms with E-state index in [1.807, 2.05) is 29.6 Å². The van der Waals surface area contributed by atoms with Crippen molar-refractivity contribution in [2.24, 2.45) is 0 Å². The number of rotatable bonds is 5. The standard InChI is InChI=1S/C14H17NO2S/c1-3-14-15-11(9-18-14)8-17-13-7-5-4-6-12(13)10(2)16/h4-7,9-10,16H,3,8H2,1-2H3/t10-/m1/s1. The molecule has 3 nitrogen and oxygen atoms in total. The number of nitrogens with zero attached hydrogens (tertiary/aromatic N) is 1. The topological polar surface area (TPSA) is 42.4 Å². The van der Waals surface area contributed by atoms with Gasteiger partial charge in [-0.15, -0.1) is 11.3 Å². The van der Waals surface area contributed by atoms with Crippen LogP contribution in [0.4, 0.5) is 0 Å². The molecule has 0 unspecified atom stereocenters. The van der Waals surface area contributed by atoms with Gasteiger partial charge in [0.05, 0.1) is 16.8 Å². The van der Waals surface area contributed by atoms with Gasteiger partial charge in [0.1, 0.15) is 12.4 Å². The molecule has 0 radical (unpaired) electrons. The largest absolute Gasteiger partial charge is 0.487 e. The van der Waals surface area contributed by atoms with E-state index in [1.54, 1.807) is 18.3 Å². The summed E-state index contributed by atoms with van der Waals surface area (Å²) in [5, 5.41) is 12.8. The van der Waals surface area contributed by atoms with Crippen LogP contribution in [0.25, 0.3) is 0 Å². The molecule has 0 aliphatic carbocycles. The normalized spacial score (nSPS) is 12.4. The molecular weight excluding hydrogens is 246 g/mol. The molecule has 1 heterocycles. The number of thiazole rings is 1. The van der Waals surface area contributed by atoms with Crippen molar-refractivity contribution in [2.75, 3.05) is 0 Å². The second kappa shape index (κ2) is 5.98. The Bertz CT molecular complexity index is 508. The number of aromatic nitrogens is 1. The van der Waals surface area contributed by atoms with Gasteiger partial charge in [0.25, 0.3) is 0 Å². The van der Waals surface area contributed by atoms with Crippen LogP contribution in [0.5, 0.6) is 5.75 Å². The monoisotopic (exact) mass is 263 g/mol. The van der Waals surface area contributed by atoms with Gasteiger partial charge < -0.3 is 9.84 Å². The SMILES string of the molecule is CCc1nc(COc2ccccc2[C@@H](C)O)cs1. The van der Waals surface area contributed by atoms with Crippen LogP contribution in [-0.2, 0) is 13.0 Å². The summed E-state index contributed by atoms with van der Waals surface area (Å²) in [6, 6.07) is 7.54. The third kappa shape index (κ3) is 3.09. The third-order valence-corrected chi connectivity index (χ3v) is 3.69. The molecular formula is C14H17NO2S. The maximum absolute atomic E-state index is 9.65. The highest BCUT2D eigenvalue weighted by Gasteiger charge is 2.09. The first-order chi connectivity index (χ1) is 8.70. The van der Waals surface area contributed by atoms with Crippen LogP contribution in [0, 0.1) is 0 Å². The van der Waals surface area contributed by atoms with Crippen molar-refractivity contribution in [3.05, 3.63) is 45.9 Å². The van der Waals surface area contributed by atoms with Crippen LogP contribution >= 0.6 is 11.3 Å². The van der Waals surface area contributed by atoms with E-state index in [-0.39, 0.29) is 0 Å². The van der Waals surface area contributed by atoms with Crippen molar-refractivity contribution < 1.29 is 9.84 Å². The Morgan fingerprint density at radius 1 is 1.39 bits per heavy atom. The van der Waals surface area contributed by atoms with E-state index in [9.17, 15) is 5.11 Å². The van der Waals surface area contributed by atoms with Gasteiger partial charge in [-0.25, -0.2) is 4.98 Å². The van der Waals surface area contributed by atoms with Gasteiger partial charge in [-0.3, -0.25) is 0 Å². The van der Waals surface area contributed by atoms with Gasteiger partial charge in [-0.1, -0.05) is 25.1 Å². The Balaban J connectivity index is 2.05. The fourth-order valence-corrected chi connectivity index (χ4v) is 2.42. The molecule has 0 saturated heterocycles. The lowest BCUT2D eigenvalue weighted by Gasteiger charge is -2.12. The highest BCUT2D eigenvalue weighted by Crippen LogP contribution is 2.25. The number of benzene rings is 1. The number of hydrogen-bond acceptors (Lipinski definition) is 4. The molecule has 1 aromatic heterocycles. The molecule has 96 valence electrons. The van der Waals surface area contributed by atoms with Gasteiger partial charge in [0.2, 0.25) is 0 Å². The van der Waals surface area contributed by atoms with Crippen LogP contribution in [0.2, 0.25) is 0 Å². The maximum atomic E-state index is 9.65. The van der Waals surface area contributed by atoms with Gasteiger partial charge >= 0.3 is 0 Å². The van der Waals surface area contributed by atoms with Crippen molar-refractivity contribution in [1.29, 1.82) is 0 Å². The van der Waals surface area contributed by atoms with Crippen LogP contribution in [0.3, 0.4) is 0 Å². The number of aryl methyl sites for hydroxylation is 1. The fraction of sp³-hybridized carbons (Fsp3) is 0.357. The minimum atomic E-state index is -0.525. The van der Waals surface area contributed by atoms with Gasteiger partial charge in [0.15, 0.2) is 0 Å². The van der Waals surface area contributed by atoms with E-state index in [2.05, 4.69) is 11.9 Å². The van der Waals surface area contributed by atoms with Crippen LogP contribution in [-0.4, -0.2) is 10.1 Å². The summed E-state index contributed by atoms with van der Waals surface area (Å²) in [6.45, 7) is 4.27. The molecule has 0 saturated carbocycles. The van der Waals surface area contributed by atoms with Crippen LogP contribution in [0.1, 0.15) is 36.2 Å². The maximum Gasteiger partial charge on any atom is 0.131 e. The molecule has 0 bridgehead atoms. The molecule has 2 aromatic rings. The lowest BCUT2D eigenvalue weighted by Crippen LogP contribution is -2.01. The summed E-state index contributed by atoms with van der Waals surface area (Å²) in [6.07, 6.45) is 0.428. The molecule has 18 heavy (non-hydrogen) atoms. The number of hydrogen-bond donors (Lipinski definition) is 1. The summed E-state index contributed by atoms with van der Waals surface area (Å²) in [4.78, 5) is 4.45. The van der Waals surface area contributed by atoms with Crippen molar-refractivity contribution >= 4 is 11.3 Å². The van der Waals surface area contributed by atoms with E-state index in [4.69, 9.17) is 4.74 Å². The van der Waals surface area contributed by atoms with E-state index in [0.29, 0.717) is 6.61 Å². The van der Waals surface area contributed by atoms with Crippen LogP contribution < -0.4 is 4.74 Å². The Labute approximate surface area is 111 Å². The van der Waals surface area contributed by atoms with E-state index >= 15 is 0 Å². The number of aliphatic hydroxyl groups is 1. The molecule has 0 amide bonds. The van der Waals surface area contributed by atoms with Crippen molar-refractivity contribution in [3.63, 3.8) is 0 Å². The van der Waals surface area contributed by atoms with E-state index in [1.165, 1.54) is 0 Å². The molecule has 1 N–H and O–H groups in total. The van der Waals surface area contributed by atoms with Crippen molar-refractivity contribution in [1.82, 2.24) is 4.98 Å². The van der Waals surface area contributed by atoms with E-state index in [0.717, 1.165) is 28.4 Å². The lowest BCUT2D eigenvalue weighted by atomic mass is 10.1. The van der Waals surface area contributed by atoms with Gasteiger partial charge in [-0.2, -0.15) is 0 Å². The zero-order chi connectivity index (χ0) is 13.0. The molecule has 4 heteroatoms.